The Morgan fingerprint density at radius 3 is 2.67 bits per heavy atom. The second-order valence-electron chi connectivity index (χ2n) is 4.55. The number of anilines is 1. The molecular weight excluding hydrogens is 228 g/mol. The van der Waals surface area contributed by atoms with E-state index >= 15 is 0 Å². The molecule has 100 valence electrons. The first kappa shape index (κ1) is 14.4. The topological polar surface area (TPSA) is 48.5 Å². The molecule has 0 aliphatic heterocycles. The van der Waals surface area contributed by atoms with Gasteiger partial charge in [0.25, 0.3) is 5.91 Å². The molecule has 0 saturated carbocycles. The fourth-order valence-electron chi connectivity index (χ4n) is 1.71. The van der Waals surface area contributed by atoms with Crippen LogP contribution in [-0.2, 0) is 0 Å². The molecule has 1 heterocycles. The fourth-order valence-corrected chi connectivity index (χ4v) is 1.71. The van der Waals surface area contributed by atoms with E-state index in [0.29, 0.717) is 5.56 Å². The predicted molar refractivity (Wildman–Crippen MR) is 73.9 cm³/mol. The van der Waals surface area contributed by atoms with Crippen LogP contribution >= 0.6 is 0 Å². The molecule has 0 saturated heterocycles. The van der Waals surface area contributed by atoms with Gasteiger partial charge in [0.1, 0.15) is 0 Å². The largest absolute Gasteiger partial charge is 0.387 e. The standard InChI is InChI=1S/C13H22N4O/c1-14-12-6-7-15-10-11(12)13(18)17(4)9-5-8-16(2)3/h6-7,10H,5,8-9H2,1-4H3,(H,14,15). The highest BCUT2D eigenvalue weighted by Gasteiger charge is 2.15. The normalized spacial score (nSPS) is 10.5. The summed E-state index contributed by atoms with van der Waals surface area (Å²) < 4.78 is 0. The maximum atomic E-state index is 12.2. The first-order valence-electron chi connectivity index (χ1n) is 6.08. The molecular formula is C13H22N4O. The molecule has 1 aromatic rings. The van der Waals surface area contributed by atoms with E-state index < -0.39 is 0 Å². The Kier molecular flexibility index (Phi) is 5.58. The Morgan fingerprint density at radius 2 is 2.06 bits per heavy atom. The molecule has 1 rings (SSSR count). The quantitative estimate of drug-likeness (QED) is 0.822. The van der Waals surface area contributed by atoms with E-state index in [1.54, 1.807) is 30.4 Å². The molecule has 0 atom stereocenters. The molecule has 1 aromatic heterocycles. The summed E-state index contributed by atoms with van der Waals surface area (Å²) in [6.45, 7) is 1.72. The monoisotopic (exact) mass is 250 g/mol. The Balaban J connectivity index is 2.62. The van der Waals surface area contributed by atoms with Crippen LogP contribution in [0.1, 0.15) is 16.8 Å². The number of hydrogen-bond donors (Lipinski definition) is 1. The van der Waals surface area contributed by atoms with E-state index in [9.17, 15) is 4.79 Å². The van der Waals surface area contributed by atoms with E-state index in [1.165, 1.54) is 0 Å². The van der Waals surface area contributed by atoms with Crippen LogP contribution in [0.5, 0.6) is 0 Å². The van der Waals surface area contributed by atoms with Crippen molar-refractivity contribution in [3.63, 3.8) is 0 Å². The lowest BCUT2D eigenvalue weighted by molar-refractivity contribution is 0.0791. The highest BCUT2D eigenvalue weighted by Crippen LogP contribution is 2.14. The van der Waals surface area contributed by atoms with Crippen molar-refractivity contribution in [2.24, 2.45) is 0 Å². The zero-order chi connectivity index (χ0) is 13.5. The smallest absolute Gasteiger partial charge is 0.257 e. The van der Waals surface area contributed by atoms with Gasteiger partial charge in [-0.15, -0.1) is 0 Å². The zero-order valence-corrected chi connectivity index (χ0v) is 11.6. The summed E-state index contributed by atoms with van der Waals surface area (Å²) in [5, 5.41) is 3.01. The third kappa shape index (κ3) is 4.00. The number of nitrogens with one attached hydrogen (secondary N) is 1. The average molecular weight is 250 g/mol. The van der Waals surface area contributed by atoms with Gasteiger partial charge in [-0.25, -0.2) is 0 Å². The number of carbonyl (C=O) groups is 1. The van der Waals surface area contributed by atoms with Crippen molar-refractivity contribution >= 4 is 11.6 Å². The van der Waals surface area contributed by atoms with Crippen LogP contribution in [0.2, 0.25) is 0 Å². The van der Waals surface area contributed by atoms with Gasteiger partial charge in [-0.3, -0.25) is 9.78 Å². The molecule has 0 bridgehead atoms. The third-order valence-electron chi connectivity index (χ3n) is 2.77. The van der Waals surface area contributed by atoms with Crippen LogP contribution in [0, 0.1) is 0 Å². The van der Waals surface area contributed by atoms with Gasteiger partial charge in [0.05, 0.1) is 5.56 Å². The minimum Gasteiger partial charge on any atom is -0.387 e. The van der Waals surface area contributed by atoms with Gasteiger partial charge in [-0.05, 0) is 33.1 Å². The lowest BCUT2D eigenvalue weighted by Crippen LogP contribution is -2.30. The molecule has 0 radical (unpaired) electrons. The number of amides is 1. The number of rotatable bonds is 6. The first-order chi connectivity index (χ1) is 8.56. The van der Waals surface area contributed by atoms with Crippen molar-refractivity contribution in [3.05, 3.63) is 24.0 Å². The lowest BCUT2D eigenvalue weighted by atomic mass is 10.2. The molecule has 5 heteroatoms. The summed E-state index contributed by atoms with van der Waals surface area (Å²) in [6, 6.07) is 1.81. The number of pyridine rings is 1. The van der Waals surface area contributed by atoms with E-state index in [-0.39, 0.29) is 5.91 Å². The van der Waals surface area contributed by atoms with Gasteiger partial charge in [-0.2, -0.15) is 0 Å². The van der Waals surface area contributed by atoms with Crippen LogP contribution in [0.25, 0.3) is 0 Å². The molecule has 0 aliphatic carbocycles. The lowest BCUT2D eigenvalue weighted by Gasteiger charge is -2.19. The average Bonchev–Trinajstić information content (AvgIpc) is 2.37. The van der Waals surface area contributed by atoms with Gasteiger partial charge in [-0.1, -0.05) is 0 Å². The number of aromatic nitrogens is 1. The summed E-state index contributed by atoms with van der Waals surface area (Å²) in [7, 11) is 7.69. The zero-order valence-electron chi connectivity index (χ0n) is 11.6. The van der Waals surface area contributed by atoms with Crippen molar-refractivity contribution in [2.75, 3.05) is 46.6 Å². The van der Waals surface area contributed by atoms with E-state index in [4.69, 9.17) is 0 Å². The summed E-state index contributed by atoms with van der Waals surface area (Å²) in [5.41, 5.74) is 1.43. The number of carbonyl (C=O) groups excluding carboxylic acids is 1. The van der Waals surface area contributed by atoms with Crippen LogP contribution in [0.4, 0.5) is 5.69 Å². The maximum absolute atomic E-state index is 12.2. The molecule has 0 unspecified atom stereocenters. The van der Waals surface area contributed by atoms with Gasteiger partial charge in [0.15, 0.2) is 0 Å². The number of hydrogen-bond acceptors (Lipinski definition) is 4. The SMILES string of the molecule is CNc1ccncc1C(=O)N(C)CCCN(C)C. The van der Waals surface area contributed by atoms with Gasteiger partial charge in [0.2, 0.25) is 0 Å². The molecule has 0 spiro atoms. The van der Waals surface area contributed by atoms with Crippen molar-refractivity contribution < 1.29 is 4.79 Å². The number of nitrogens with zero attached hydrogens (tertiary/aromatic N) is 3. The molecule has 1 amide bonds. The van der Waals surface area contributed by atoms with Gasteiger partial charge >= 0.3 is 0 Å². The van der Waals surface area contributed by atoms with E-state index in [0.717, 1.165) is 25.2 Å². The van der Waals surface area contributed by atoms with E-state index in [2.05, 4.69) is 15.2 Å². The maximum Gasteiger partial charge on any atom is 0.257 e. The van der Waals surface area contributed by atoms with Crippen LogP contribution in [0.3, 0.4) is 0 Å². The highest BCUT2D eigenvalue weighted by atomic mass is 16.2. The predicted octanol–water partition coefficient (Wildman–Crippen LogP) is 1.15. The fraction of sp³-hybridized carbons (Fsp3) is 0.538. The second-order valence-corrected chi connectivity index (χ2v) is 4.55. The van der Waals surface area contributed by atoms with Crippen LogP contribution < -0.4 is 5.32 Å². The summed E-state index contributed by atoms with van der Waals surface area (Å²) in [4.78, 5) is 20.1. The molecule has 0 aromatic carbocycles. The molecule has 18 heavy (non-hydrogen) atoms. The minimum atomic E-state index is 0.00575. The molecule has 1 N–H and O–H groups in total. The van der Waals surface area contributed by atoms with Crippen molar-refractivity contribution in [1.29, 1.82) is 0 Å². The second kappa shape index (κ2) is 6.96. The Hall–Kier alpha value is -1.62. The molecule has 0 aliphatic rings. The van der Waals surface area contributed by atoms with Gasteiger partial charge in [0, 0.05) is 38.7 Å². The summed E-state index contributed by atoms with van der Waals surface area (Å²) in [6.07, 6.45) is 4.25. The highest BCUT2D eigenvalue weighted by molar-refractivity contribution is 5.99. The van der Waals surface area contributed by atoms with Crippen molar-refractivity contribution in [2.45, 2.75) is 6.42 Å². The van der Waals surface area contributed by atoms with Crippen molar-refractivity contribution in [3.8, 4) is 0 Å². The Labute approximate surface area is 109 Å². The van der Waals surface area contributed by atoms with Crippen LogP contribution in [-0.4, -0.2) is 62.0 Å². The molecule has 0 fully saturated rings. The Bertz CT molecular complexity index is 392. The third-order valence-corrected chi connectivity index (χ3v) is 2.77. The van der Waals surface area contributed by atoms with Crippen molar-refractivity contribution in [1.82, 2.24) is 14.8 Å². The molecule has 5 nitrogen and oxygen atoms in total. The first-order valence-corrected chi connectivity index (χ1v) is 6.08. The van der Waals surface area contributed by atoms with Crippen LogP contribution in [0.15, 0.2) is 18.5 Å². The van der Waals surface area contributed by atoms with E-state index in [1.807, 2.05) is 21.1 Å². The summed E-state index contributed by atoms with van der Waals surface area (Å²) >= 11 is 0. The van der Waals surface area contributed by atoms with Gasteiger partial charge < -0.3 is 15.1 Å². The minimum absolute atomic E-state index is 0.00575. The summed E-state index contributed by atoms with van der Waals surface area (Å²) in [5.74, 6) is 0.00575. The Morgan fingerprint density at radius 1 is 1.33 bits per heavy atom.